The van der Waals surface area contributed by atoms with Crippen LogP contribution in [0.2, 0.25) is 5.02 Å². The summed E-state index contributed by atoms with van der Waals surface area (Å²) in [5, 5.41) is 5.03. The van der Waals surface area contributed by atoms with Gasteiger partial charge in [0.1, 0.15) is 5.03 Å². The number of benzene rings is 1. The Bertz CT molecular complexity index is 599. The van der Waals surface area contributed by atoms with Crippen LogP contribution >= 0.6 is 23.4 Å². The average molecular weight is 321 g/mol. The molecule has 0 saturated carbocycles. The monoisotopic (exact) mass is 320 g/mol. The summed E-state index contributed by atoms with van der Waals surface area (Å²) in [7, 11) is 0. The molecule has 4 heteroatoms. The molecule has 1 aromatic heterocycles. The number of pyridine rings is 1. The SMILES string of the molecule is Cc1cc(Sc2ncccc2Cl)ccc1CNCC(C)C. The van der Waals surface area contributed by atoms with Gasteiger partial charge in [0.05, 0.1) is 5.02 Å². The number of rotatable bonds is 6. The number of aryl methyl sites for hydroxylation is 1. The van der Waals surface area contributed by atoms with E-state index in [1.165, 1.54) is 16.0 Å². The van der Waals surface area contributed by atoms with E-state index in [1.54, 1.807) is 18.0 Å². The summed E-state index contributed by atoms with van der Waals surface area (Å²) in [4.78, 5) is 5.48. The van der Waals surface area contributed by atoms with E-state index in [0.29, 0.717) is 10.9 Å². The molecule has 0 aliphatic rings. The van der Waals surface area contributed by atoms with Gasteiger partial charge in [-0.15, -0.1) is 0 Å². The number of halogens is 1. The van der Waals surface area contributed by atoms with E-state index >= 15 is 0 Å². The minimum absolute atomic E-state index is 0.673. The molecule has 0 amide bonds. The van der Waals surface area contributed by atoms with Crippen LogP contribution < -0.4 is 5.32 Å². The number of aromatic nitrogens is 1. The number of nitrogens with zero attached hydrogens (tertiary/aromatic N) is 1. The first-order chi connectivity index (χ1) is 10.1. The van der Waals surface area contributed by atoms with E-state index in [0.717, 1.165) is 18.1 Å². The predicted octanol–water partition coefficient (Wildman–Crippen LogP) is 4.94. The molecule has 2 rings (SSSR count). The fraction of sp³-hybridized carbons (Fsp3) is 0.353. The van der Waals surface area contributed by atoms with Crippen LogP contribution in [0.15, 0.2) is 46.5 Å². The second-order valence-corrected chi connectivity index (χ2v) is 6.97. The molecule has 0 saturated heterocycles. The molecule has 0 bridgehead atoms. The molecule has 21 heavy (non-hydrogen) atoms. The van der Waals surface area contributed by atoms with Crippen molar-refractivity contribution in [1.29, 1.82) is 0 Å². The molecule has 112 valence electrons. The summed E-state index contributed by atoms with van der Waals surface area (Å²) in [6.07, 6.45) is 1.77. The summed E-state index contributed by atoms with van der Waals surface area (Å²) >= 11 is 7.75. The highest BCUT2D eigenvalue weighted by Gasteiger charge is 2.06. The molecule has 2 aromatic rings. The minimum Gasteiger partial charge on any atom is -0.312 e. The fourth-order valence-corrected chi connectivity index (χ4v) is 3.10. The van der Waals surface area contributed by atoms with Crippen molar-refractivity contribution >= 4 is 23.4 Å². The lowest BCUT2D eigenvalue weighted by molar-refractivity contribution is 0.551. The van der Waals surface area contributed by atoms with Gasteiger partial charge in [-0.1, -0.05) is 43.3 Å². The smallest absolute Gasteiger partial charge is 0.119 e. The Hall–Kier alpha value is -1.03. The zero-order valence-electron chi connectivity index (χ0n) is 12.7. The normalized spacial score (nSPS) is 11.1. The molecule has 0 aliphatic carbocycles. The van der Waals surface area contributed by atoms with Crippen molar-refractivity contribution in [2.75, 3.05) is 6.54 Å². The molecule has 0 aliphatic heterocycles. The third-order valence-corrected chi connectivity index (χ3v) is 4.55. The fourth-order valence-electron chi connectivity index (χ4n) is 1.98. The number of hydrogen-bond donors (Lipinski definition) is 1. The lowest BCUT2D eigenvalue weighted by Gasteiger charge is -2.11. The largest absolute Gasteiger partial charge is 0.312 e. The first-order valence-corrected chi connectivity index (χ1v) is 8.34. The summed E-state index contributed by atoms with van der Waals surface area (Å²) in [6.45, 7) is 8.54. The highest BCUT2D eigenvalue weighted by molar-refractivity contribution is 7.99. The summed E-state index contributed by atoms with van der Waals surface area (Å²) in [6, 6.07) is 10.2. The maximum Gasteiger partial charge on any atom is 0.119 e. The van der Waals surface area contributed by atoms with Crippen LogP contribution in [0.4, 0.5) is 0 Å². The van der Waals surface area contributed by atoms with E-state index < -0.39 is 0 Å². The Morgan fingerprint density at radius 3 is 2.76 bits per heavy atom. The van der Waals surface area contributed by atoms with E-state index in [4.69, 9.17) is 11.6 Å². The third-order valence-electron chi connectivity index (χ3n) is 3.12. The highest BCUT2D eigenvalue weighted by Crippen LogP contribution is 2.32. The van der Waals surface area contributed by atoms with Gasteiger partial charge in [-0.05, 0) is 54.8 Å². The van der Waals surface area contributed by atoms with Gasteiger partial charge < -0.3 is 5.32 Å². The van der Waals surface area contributed by atoms with Gasteiger partial charge in [0.25, 0.3) is 0 Å². The van der Waals surface area contributed by atoms with Crippen molar-refractivity contribution in [1.82, 2.24) is 10.3 Å². The van der Waals surface area contributed by atoms with Crippen molar-refractivity contribution < 1.29 is 0 Å². The minimum atomic E-state index is 0.673. The van der Waals surface area contributed by atoms with Gasteiger partial charge in [0.15, 0.2) is 0 Å². The van der Waals surface area contributed by atoms with Gasteiger partial charge in [0, 0.05) is 17.6 Å². The molecule has 0 spiro atoms. The topological polar surface area (TPSA) is 24.9 Å². The van der Waals surface area contributed by atoms with Crippen molar-refractivity contribution in [3.63, 3.8) is 0 Å². The van der Waals surface area contributed by atoms with E-state index in [9.17, 15) is 0 Å². The predicted molar refractivity (Wildman–Crippen MR) is 91.1 cm³/mol. The van der Waals surface area contributed by atoms with Gasteiger partial charge in [-0.25, -0.2) is 4.98 Å². The lowest BCUT2D eigenvalue weighted by atomic mass is 10.1. The van der Waals surface area contributed by atoms with Crippen LogP contribution in [0, 0.1) is 12.8 Å². The summed E-state index contributed by atoms with van der Waals surface area (Å²) in [5.41, 5.74) is 2.63. The standard InChI is InChI=1S/C17H21ClN2S/c1-12(2)10-19-11-14-6-7-15(9-13(14)3)21-17-16(18)5-4-8-20-17/h4-9,12,19H,10-11H2,1-3H3. The zero-order chi connectivity index (χ0) is 15.2. The van der Waals surface area contributed by atoms with Crippen LogP contribution in [0.25, 0.3) is 0 Å². The molecule has 1 aromatic carbocycles. The van der Waals surface area contributed by atoms with Crippen molar-refractivity contribution in [2.45, 2.75) is 37.2 Å². The van der Waals surface area contributed by atoms with Gasteiger partial charge >= 0.3 is 0 Å². The summed E-state index contributed by atoms with van der Waals surface area (Å²) in [5.74, 6) is 0.673. The molecule has 1 heterocycles. The molecule has 2 nitrogen and oxygen atoms in total. The molecule has 0 atom stereocenters. The Labute approximate surface area is 136 Å². The van der Waals surface area contributed by atoms with Crippen LogP contribution in [-0.2, 0) is 6.54 Å². The van der Waals surface area contributed by atoms with Crippen LogP contribution in [0.5, 0.6) is 0 Å². The summed E-state index contributed by atoms with van der Waals surface area (Å²) < 4.78 is 0. The maximum atomic E-state index is 6.15. The molecule has 0 fully saturated rings. The Balaban J connectivity index is 2.03. The maximum absolute atomic E-state index is 6.15. The van der Waals surface area contributed by atoms with E-state index in [-0.39, 0.29) is 0 Å². The van der Waals surface area contributed by atoms with Crippen LogP contribution in [0.1, 0.15) is 25.0 Å². The van der Waals surface area contributed by atoms with Gasteiger partial charge in [-0.2, -0.15) is 0 Å². The first kappa shape index (κ1) is 16.3. The number of hydrogen-bond acceptors (Lipinski definition) is 3. The quantitative estimate of drug-likeness (QED) is 0.816. The van der Waals surface area contributed by atoms with E-state index in [2.05, 4.69) is 49.3 Å². The van der Waals surface area contributed by atoms with Crippen LogP contribution in [0.3, 0.4) is 0 Å². The zero-order valence-corrected chi connectivity index (χ0v) is 14.3. The molecular weight excluding hydrogens is 300 g/mol. The third kappa shape index (κ3) is 5.03. The first-order valence-electron chi connectivity index (χ1n) is 7.15. The highest BCUT2D eigenvalue weighted by atomic mass is 35.5. The number of nitrogens with one attached hydrogen (secondary N) is 1. The lowest BCUT2D eigenvalue weighted by Crippen LogP contribution is -2.19. The molecule has 0 radical (unpaired) electrons. The molecule has 1 N–H and O–H groups in total. The molecular formula is C17H21ClN2S. The van der Waals surface area contributed by atoms with E-state index in [1.807, 2.05) is 12.1 Å². The Morgan fingerprint density at radius 1 is 1.29 bits per heavy atom. The van der Waals surface area contributed by atoms with Crippen molar-refractivity contribution in [3.05, 3.63) is 52.7 Å². The van der Waals surface area contributed by atoms with Gasteiger partial charge in [-0.3, -0.25) is 0 Å². The average Bonchev–Trinajstić information content (AvgIpc) is 2.43. The Kier molecular flexibility index (Phi) is 6.09. The second-order valence-electron chi connectivity index (χ2n) is 5.51. The molecule has 0 unspecified atom stereocenters. The van der Waals surface area contributed by atoms with Crippen molar-refractivity contribution in [3.8, 4) is 0 Å². The second kappa shape index (κ2) is 7.83. The van der Waals surface area contributed by atoms with Crippen LogP contribution in [-0.4, -0.2) is 11.5 Å². The van der Waals surface area contributed by atoms with Gasteiger partial charge in [0.2, 0.25) is 0 Å². The Morgan fingerprint density at radius 2 is 2.10 bits per heavy atom. The van der Waals surface area contributed by atoms with Crippen molar-refractivity contribution in [2.24, 2.45) is 5.92 Å².